The van der Waals surface area contributed by atoms with E-state index < -0.39 is 0 Å². The second-order valence-electron chi connectivity index (χ2n) is 4.65. The van der Waals surface area contributed by atoms with Crippen LogP contribution in [0.25, 0.3) is 11.3 Å². The molecule has 0 saturated heterocycles. The number of carbonyl (C=O) groups excluding carboxylic acids is 1. The lowest BCUT2D eigenvalue weighted by atomic mass is 10.1. The number of ether oxygens (including phenoxy) is 1. The lowest BCUT2D eigenvalue weighted by Crippen LogP contribution is -2.11. The molecule has 5 nitrogen and oxygen atoms in total. The third-order valence-corrected chi connectivity index (χ3v) is 4.08. The molecule has 23 heavy (non-hydrogen) atoms. The van der Waals surface area contributed by atoms with E-state index >= 15 is 0 Å². The van der Waals surface area contributed by atoms with Gasteiger partial charge in [0.1, 0.15) is 16.3 Å². The Hall–Kier alpha value is -2.44. The third-order valence-electron chi connectivity index (χ3n) is 3.12. The number of rotatable bonds is 4. The van der Waals surface area contributed by atoms with Crippen LogP contribution in [0.15, 0.2) is 48.5 Å². The average molecular weight is 346 g/mol. The van der Waals surface area contributed by atoms with Gasteiger partial charge in [-0.1, -0.05) is 34.3 Å². The van der Waals surface area contributed by atoms with Crippen LogP contribution in [0.5, 0.6) is 5.75 Å². The Balaban J connectivity index is 1.89. The van der Waals surface area contributed by atoms with E-state index in [9.17, 15) is 4.79 Å². The molecule has 0 bridgehead atoms. The quantitative estimate of drug-likeness (QED) is 0.772. The van der Waals surface area contributed by atoms with Crippen molar-refractivity contribution in [1.29, 1.82) is 0 Å². The van der Waals surface area contributed by atoms with Crippen molar-refractivity contribution in [3.8, 4) is 17.0 Å². The molecule has 1 heterocycles. The van der Waals surface area contributed by atoms with Gasteiger partial charge < -0.3 is 10.1 Å². The lowest BCUT2D eigenvalue weighted by molar-refractivity contribution is 0.103. The summed E-state index contributed by atoms with van der Waals surface area (Å²) in [6, 6.07) is 14.3. The highest BCUT2D eigenvalue weighted by molar-refractivity contribution is 7.08. The predicted molar refractivity (Wildman–Crippen MR) is 91.3 cm³/mol. The molecule has 3 aromatic rings. The van der Waals surface area contributed by atoms with Gasteiger partial charge in [-0.15, -0.1) is 5.10 Å². The van der Waals surface area contributed by atoms with Gasteiger partial charge in [-0.2, -0.15) is 0 Å². The number of hydrogen-bond acceptors (Lipinski definition) is 5. The number of benzene rings is 2. The first-order valence-corrected chi connectivity index (χ1v) is 7.86. The van der Waals surface area contributed by atoms with E-state index in [0.717, 1.165) is 17.1 Å². The summed E-state index contributed by atoms with van der Waals surface area (Å²) in [4.78, 5) is 12.9. The fraction of sp³-hybridized carbons (Fsp3) is 0.0625. The molecule has 7 heteroatoms. The molecule has 0 aliphatic carbocycles. The summed E-state index contributed by atoms with van der Waals surface area (Å²) in [5.41, 5.74) is 1.91. The third kappa shape index (κ3) is 3.49. The van der Waals surface area contributed by atoms with Gasteiger partial charge in [-0.05, 0) is 41.9 Å². The molecule has 1 aromatic heterocycles. The predicted octanol–water partition coefficient (Wildman–Crippen LogP) is 4.12. The summed E-state index contributed by atoms with van der Waals surface area (Å²) >= 11 is 6.97. The minimum absolute atomic E-state index is 0.278. The molecule has 2 aromatic carbocycles. The van der Waals surface area contributed by atoms with E-state index in [2.05, 4.69) is 14.9 Å². The zero-order valence-corrected chi connectivity index (χ0v) is 13.7. The molecule has 1 amide bonds. The van der Waals surface area contributed by atoms with E-state index in [1.165, 1.54) is 0 Å². The number of aromatic nitrogens is 2. The normalized spacial score (nSPS) is 10.3. The van der Waals surface area contributed by atoms with E-state index in [1.807, 2.05) is 24.3 Å². The van der Waals surface area contributed by atoms with Crippen molar-refractivity contribution < 1.29 is 9.53 Å². The molecular weight excluding hydrogens is 334 g/mol. The van der Waals surface area contributed by atoms with Crippen LogP contribution in [-0.4, -0.2) is 22.6 Å². The Morgan fingerprint density at radius 2 is 2.04 bits per heavy atom. The van der Waals surface area contributed by atoms with Gasteiger partial charge in [0.05, 0.1) is 7.11 Å². The molecule has 0 fully saturated rings. The fourth-order valence-electron chi connectivity index (χ4n) is 2.05. The van der Waals surface area contributed by atoms with Crippen LogP contribution >= 0.6 is 23.1 Å². The van der Waals surface area contributed by atoms with E-state index in [-0.39, 0.29) is 5.91 Å². The van der Waals surface area contributed by atoms with Gasteiger partial charge >= 0.3 is 0 Å². The molecule has 0 spiro atoms. The lowest BCUT2D eigenvalue weighted by Gasteiger charge is -2.06. The SMILES string of the molecule is COc1cccc(-c2nnsc2C(=O)Nc2cccc(Cl)c2)c1. The monoisotopic (exact) mass is 345 g/mol. The molecule has 0 aliphatic rings. The Labute approximate surface area is 142 Å². The Bertz CT molecular complexity index is 851. The van der Waals surface area contributed by atoms with Crippen molar-refractivity contribution in [3.63, 3.8) is 0 Å². The molecule has 0 radical (unpaired) electrons. The standard InChI is InChI=1S/C16H12ClN3O2S/c1-22-13-7-2-4-10(8-13)14-15(23-20-19-14)16(21)18-12-6-3-5-11(17)9-12/h2-9H,1H3,(H,18,21). The first kappa shape index (κ1) is 15.5. The molecule has 116 valence electrons. The van der Waals surface area contributed by atoms with Crippen LogP contribution in [0, 0.1) is 0 Å². The summed E-state index contributed by atoms with van der Waals surface area (Å²) in [6.45, 7) is 0. The van der Waals surface area contributed by atoms with Crippen molar-refractivity contribution in [3.05, 3.63) is 58.4 Å². The minimum Gasteiger partial charge on any atom is -0.497 e. The topological polar surface area (TPSA) is 64.1 Å². The van der Waals surface area contributed by atoms with Crippen LogP contribution in [0.2, 0.25) is 5.02 Å². The number of nitrogens with zero attached hydrogens (tertiary/aromatic N) is 2. The second-order valence-corrected chi connectivity index (χ2v) is 5.84. The number of halogens is 1. The van der Waals surface area contributed by atoms with Gasteiger partial charge in [0.25, 0.3) is 5.91 Å². The van der Waals surface area contributed by atoms with Gasteiger partial charge in [-0.25, -0.2) is 0 Å². The Kier molecular flexibility index (Phi) is 4.55. The Morgan fingerprint density at radius 3 is 2.83 bits per heavy atom. The number of anilines is 1. The smallest absolute Gasteiger partial charge is 0.269 e. The number of carbonyl (C=O) groups is 1. The molecular formula is C16H12ClN3O2S. The highest BCUT2D eigenvalue weighted by atomic mass is 35.5. The maximum atomic E-state index is 12.5. The number of amides is 1. The van der Waals surface area contributed by atoms with Crippen LogP contribution in [0.1, 0.15) is 9.67 Å². The highest BCUT2D eigenvalue weighted by Gasteiger charge is 2.18. The molecule has 0 atom stereocenters. The van der Waals surface area contributed by atoms with Gasteiger partial charge in [0, 0.05) is 16.3 Å². The summed E-state index contributed by atoms with van der Waals surface area (Å²) in [7, 11) is 1.59. The van der Waals surface area contributed by atoms with Crippen LogP contribution < -0.4 is 10.1 Å². The zero-order chi connectivity index (χ0) is 16.2. The largest absolute Gasteiger partial charge is 0.497 e. The molecule has 0 saturated carbocycles. The van der Waals surface area contributed by atoms with E-state index in [1.54, 1.807) is 31.4 Å². The van der Waals surface area contributed by atoms with Crippen molar-refractivity contribution >= 4 is 34.7 Å². The molecule has 0 aliphatic heterocycles. The Morgan fingerprint density at radius 1 is 1.22 bits per heavy atom. The van der Waals surface area contributed by atoms with Crippen molar-refractivity contribution in [2.24, 2.45) is 0 Å². The summed E-state index contributed by atoms with van der Waals surface area (Å²) in [5, 5.41) is 7.42. The van der Waals surface area contributed by atoms with Crippen LogP contribution in [0.4, 0.5) is 5.69 Å². The maximum Gasteiger partial charge on any atom is 0.269 e. The first-order valence-electron chi connectivity index (χ1n) is 6.71. The summed E-state index contributed by atoms with van der Waals surface area (Å²) < 4.78 is 9.10. The van der Waals surface area contributed by atoms with Gasteiger partial charge in [-0.3, -0.25) is 4.79 Å². The first-order chi connectivity index (χ1) is 11.2. The fourth-order valence-corrected chi connectivity index (χ4v) is 2.83. The van der Waals surface area contributed by atoms with Crippen molar-refractivity contribution in [1.82, 2.24) is 9.59 Å². The van der Waals surface area contributed by atoms with Crippen LogP contribution in [0.3, 0.4) is 0 Å². The number of nitrogens with one attached hydrogen (secondary N) is 1. The highest BCUT2D eigenvalue weighted by Crippen LogP contribution is 2.27. The van der Waals surface area contributed by atoms with Gasteiger partial charge in [0.15, 0.2) is 0 Å². The van der Waals surface area contributed by atoms with Crippen LogP contribution in [-0.2, 0) is 0 Å². The molecule has 3 rings (SSSR count). The van der Waals surface area contributed by atoms with Crippen molar-refractivity contribution in [2.75, 3.05) is 12.4 Å². The van der Waals surface area contributed by atoms with Crippen molar-refractivity contribution in [2.45, 2.75) is 0 Å². The number of hydrogen-bond donors (Lipinski definition) is 1. The molecule has 1 N–H and O–H groups in total. The summed E-state index contributed by atoms with van der Waals surface area (Å²) in [6.07, 6.45) is 0. The summed E-state index contributed by atoms with van der Waals surface area (Å²) in [5.74, 6) is 0.414. The zero-order valence-electron chi connectivity index (χ0n) is 12.1. The van der Waals surface area contributed by atoms with E-state index in [0.29, 0.717) is 27.0 Å². The second kappa shape index (κ2) is 6.76. The molecule has 0 unspecified atom stereocenters. The van der Waals surface area contributed by atoms with Gasteiger partial charge in [0.2, 0.25) is 0 Å². The van der Waals surface area contributed by atoms with E-state index in [4.69, 9.17) is 16.3 Å². The minimum atomic E-state index is -0.278. The average Bonchev–Trinajstić information content (AvgIpc) is 3.05. The number of methoxy groups -OCH3 is 1. The maximum absolute atomic E-state index is 12.5.